The number of rotatable bonds is 4. The van der Waals surface area contributed by atoms with E-state index in [1.165, 1.54) is 18.4 Å². The predicted octanol–water partition coefficient (Wildman–Crippen LogP) is 5.66. The molecule has 0 unspecified atom stereocenters. The van der Waals surface area contributed by atoms with E-state index in [1.54, 1.807) is 0 Å². The van der Waals surface area contributed by atoms with Gasteiger partial charge < -0.3 is 10.6 Å². The minimum atomic E-state index is -0.161. The summed E-state index contributed by atoms with van der Waals surface area (Å²) in [4.78, 5) is 0. The van der Waals surface area contributed by atoms with Gasteiger partial charge in [-0.25, -0.2) is 0 Å². The first kappa shape index (κ1) is 17.2. The molecular formula is C20H23ClN2S. The monoisotopic (exact) mass is 358 g/mol. The SMILES string of the molecule is CCc1ccc(NC(=S)NC2(c3ccccc3Cl)CCCC2)cc1. The molecule has 0 amide bonds. The highest BCUT2D eigenvalue weighted by molar-refractivity contribution is 7.80. The molecule has 0 aliphatic heterocycles. The van der Waals surface area contributed by atoms with Gasteiger partial charge in [0, 0.05) is 10.7 Å². The van der Waals surface area contributed by atoms with Gasteiger partial charge in [-0.3, -0.25) is 0 Å². The zero-order valence-corrected chi connectivity index (χ0v) is 15.5. The molecule has 0 heterocycles. The molecule has 1 fully saturated rings. The zero-order valence-electron chi connectivity index (χ0n) is 13.9. The van der Waals surface area contributed by atoms with Gasteiger partial charge in [-0.15, -0.1) is 0 Å². The Morgan fingerprint density at radius 2 is 1.75 bits per heavy atom. The van der Waals surface area contributed by atoms with Gasteiger partial charge in [0.25, 0.3) is 0 Å². The molecule has 0 atom stereocenters. The molecule has 2 nitrogen and oxygen atoms in total. The Bertz CT molecular complexity index is 706. The molecule has 0 spiro atoms. The van der Waals surface area contributed by atoms with E-state index in [0.717, 1.165) is 35.5 Å². The summed E-state index contributed by atoms with van der Waals surface area (Å²) in [5.74, 6) is 0. The number of nitrogens with one attached hydrogen (secondary N) is 2. The normalized spacial score (nSPS) is 15.9. The van der Waals surface area contributed by atoms with Crippen molar-refractivity contribution in [3.05, 3.63) is 64.7 Å². The lowest BCUT2D eigenvalue weighted by molar-refractivity contribution is 0.408. The summed E-state index contributed by atoms with van der Waals surface area (Å²) in [5.41, 5.74) is 3.32. The Hall–Kier alpha value is -1.58. The topological polar surface area (TPSA) is 24.1 Å². The Balaban J connectivity index is 1.76. The predicted molar refractivity (Wildman–Crippen MR) is 107 cm³/mol. The zero-order chi connectivity index (χ0) is 17.0. The minimum Gasteiger partial charge on any atom is -0.353 e. The highest BCUT2D eigenvalue weighted by atomic mass is 35.5. The third-order valence-corrected chi connectivity index (χ3v) is 5.35. The first-order valence-electron chi connectivity index (χ1n) is 8.56. The molecule has 2 aromatic rings. The number of aryl methyl sites for hydroxylation is 1. The molecule has 1 aliphatic carbocycles. The second-order valence-electron chi connectivity index (χ2n) is 6.40. The number of thiocarbonyl (C=S) groups is 1. The highest BCUT2D eigenvalue weighted by Gasteiger charge is 2.37. The molecule has 24 heavy (non-hydrogen) atoms. The number of anilines is 1. The van der Waals surface area contributed by atoms with E-state index < -0.39 is 0 Å². The van der Waals surface area contributed by atoms with Crippen molar-refractivity contribution in [2.45, 2.75) is 44.6 Å². The van der Waals surface area contributed by atoms with Gasteiger partial charge >= 0.3 is 0 Å². The van der Waals surface area contributed by atoms with Crippen LogP contribution in [0.4, 0.5) is 5.69 Å². The molecular weight excluding hydrogens is 336 g/mol. The van der Waals surface area contributed by atoms with Crippen molar-refractivity contribution in [2.75, 3.05) is 5.32 Å². The van der Waals surface area contributed by atoms with Gasteiger partial charge in [0.15, 0.2) is 5.11 Å². The van der Waals surface area contributed by atoms with Crippen LogP contribution in [0, 0.1) is 0 Å². The average Bonchev–Trinajstić information content (AvgIpc) is 3.05. The first-order valence-corrected chi connectivity index (χ1v) is 9.35. The Morgan fingerprint density at radius 3 is 2.38 bits per heavy atom. The third-order valence-electron chi connectivity index (χ3n) is 4.82. The lowest BCUT2D eigenvalue weighted by Crippen LogP contribution is -2.45. The summed E-state index contributed by atoms with van der Waals surface area (Å²) in [7, 11) is 0. The van der Waals surface area contributed by atoms with E-state index in [0.29, 0.717) is 5.11 Å². The van der Waals surface area contributed by atoms with E-state index in [4.69, 9.17) is 23.8 Å². The van der Waals surface area contributed by atoms with Crippen LogP contribution in [-0.4, -0.2) is 5.11 Å². The second-order valence-corrected chi connectivity index (χ2v) is 7.21. The van der Waals surface area contributed by atoms with Crippen LogP contribution in [0.5, 0.6) is 0 Å². The third kappa shape index (κ3) is 3.73. The van der Waals surface area contributed by atoms with Crippen molar-refractivity contribution >= 4 is 34.6 Å². The average molecular weight is 359 g/mol. The number of hydrogen-bond donors (Lipinski definition) is 2. The lowest BCUT2D eigenvalue weighted by Gasteiger charge is -2.33. The standard InChI is InChI=1S/C20H23ClN2S/c1-2-15-9-11-16(12-10-15)22-19(24)23-20(13-5-6-14-20)17-7-3-4-8-18(17)21/h3-4,7-12H,2,5-6,13-14H2,1H3,(H2,22,23,24). The van der Waals surface area contributed by atoms with Crippen molar-refractivity contribution in [2.24, 2.45) is 0 Å². The molecule has 2 aromatic carbocycles. The van der Waals surface area contributed by atoms with E-state index in [1.807, 2.05) is 18.2 Å². The number of halogens is 1. The summed E-state index contributed by atoms with van der Waals surface area (Å²) < 4.78 is 0. The van der Waals surface area contributed by atoms with Gasteiger partial charge in [0.1, 0.15) is 0 Å². The quantitative estimate of drug-likeness (QED) is 0.690. The van der Waals surface area contributed by atoms with Crippen molar-refractivity contribution < 1.29 is 0 Å². The Labute approximate surface area is 154 Å². The van der Waals surface area contributed by atoms with Crippen molar-refractivity contribution in [3.63, 3.8) is 0 Å². The molecule has 3 rings (SSSR count). The van der Waals surface area contributed by atoms with Crippen LogP contribution in [0.15, 0.2) is 48.5 Å². The molecule has 2 N–H and O–H groups in total. The largest absolute Gasteiger partial charge is 0.353 e. The van der Waals surface area contributed by atoms with Gasteiger partial charge in [-0.2, -0.15) is 0 Å². The van der Waals surface area contributed by atoms with Gasteiger partial charge in [0.05, 0.1) is 5.54 Å². The Kier molecular flexibility index (Phi) is 5.42. The van der Waals surface area contributed by atoms with Gasteiger partial charge in [-0.1, -0.05) is 61.7 Å². The van der Waals surface area contributed by atoms with E-state index in [2.05, 4.69) is 47.9 Å². The Morgan fingerprint density at radius 1 is 1.08 bits per heavy atom. The van der Waals surface area contributed by atoms with Crippen LogP contribution in [-0.2, 0) is 12.0 Å². The van der Waals surface area contributed by atoms with Gasteiger partial charge in [-0.05, 0) is 60.8 Å². The number of hydrogen-bond acceptors (Lipinski definition) is 1. The fourth-order valence-electron chi connectivity index (χ4n) is 3.49. The molecule has 0 aromatic heterocycles. The van der Waals surface area contributed by atoms with Crippen molar-refractivity contribution in [1.29, 1.82) is 0 Å². The van der Waals surface area contributed by atoms with Crippen LogP contribution < -0.4 is 10.6 Å². The molecule has 1 saturated carbocycles. The summed E-state index contributed by atoms with van der Waals surface area (Å²) in [6.45, 7) is 2.15. The smallest absolute Gasteiger partial charge is 0.171 e. The maximum Gasteiger partial charge on any atom is 0.171 e. The molecule has 1 aliphatic rings. The van der Waals surface area contributed by atoms with Crippen molar-refractivity contribution in [1.82, 2.24) is 5.32 Å². The van der Waals surface area contributed by atoms with E-state index in [9.17, 15) is 0 Å². The van der Waals surface area contributed by atoms with E-state index >= 15 is 0 Å². The van der Waals surface area contributed by atoms with Crippen LogP contribution in [0.3, 0.4) is 0 Å². The number of benzene rings is 2. The lowest BCUT2D eigenvalue weighted by atomic mass is 9.88. The fraction of sp³-hybridized carbons (Fsp3) is 0.350. The van der Waals surface area contributed by atoms with Crippen LogP contribution in [0.1, 0.15) is 43.7 Å². The van der Waals surface area contributed by atoms with Crippen LogP contribution in [0.2, 0.25) is 5.02 Å². The van der Waals surface area contributed by atoms with Crippen LogP contribution >= 0.6 is 23.8 Å². The van der Waals surface area contributed by atoms with Crippen molar-refractivity contribution in [3.8, 4) is 0 Å². The second kappa shape index (κ2) is 7.54. The molecule has 0 bridgehead atoms. The maximum atomic E-state index is 6.47. The summed E-state index contributed by atoms with van der Waals surface area (Å²) >= 11 is 12.1. The van der Waals surface area contributed by atoms with Crippen LogP contribution in [0.25, 0.3) is 0 Å². The summed E-state index contributed by atoms with van der Waals surface area (Å²) in [6, 6.07) is 16.5. The molecule has 126 valence electrons. The minimum absolute atomic E-state index is 0.161. The molecule has 0 saturated heterocycles. The molecule has 0 radical (unpaired) electrons. The fourth-order valence-corrected chi connectivity index (χ4v) is 4.12. The highest BCUT2D eigenvalue weighted by Crippen LogP contribution is 2.41. The molecule has 4 heteroatoms. The van der Waals surface area contributed by atoms with E-state index in [-0.39, 0.29) is 5.54 Å². The van der Waals surface area contributed by atoms with Gasteiger partial charge in [0.2, 0.25) is 0 Å². The summed E-state index contributed by atoms with van der Waals surface area (Å²) in [5, 5.41) is 8.33. The summed E-state index contributed by atoms with van der Waals surface area (Å²) in [6.07, 6.45) is 5.51. The maximum absolute atomic E-state index is 6.47. The first-order chi connectivity index (χ1) is 11.6.